The van der Waals surface area contributed by atoms with Crippen LogP contribution in [-0.2, 0) is 4.74 Å². The summed E-state index contributed by atoms with van der Waals surface area (Å²) in [5.74, 6) is 0.427. The summed E-state index contributed by atoms with van der Waals surface area (Å²) in [6.45, 7) is 14.0. The number of nitrogens with one attached hydrogen (secondary N) is 2. The van der Waals surface area contributed by atoms with Crippen LogP contribution in [0.4, 0.5) is 4.79 Å². The van der Waals surface area contributed by atoms with Crippen molar-refractivity contribution in [1.29, 1.82) is 0 Å². The highest BCUT2D eigenvalue weighted by atomic mass is 16.6. The van der Waals surface area contributed by atoms with Gasteiger partial charge in [-0.15, -0.1) is 0 Å². The number of alkyl carbamates (subject to hydrolysis) is 1. The quantitative estimate of drug-likeness (QED) is 0.740. The van der Waals surface area contributed by atoms with Crippen molar-refractivity contribution in [2.45, 2.75) is 53.2 Å². The van der Waals surface area contributed by atoms with Gasteiger partial charge in [0.2, 0.25) is 0 Å². The summed E-state index contributed by atoms with van der Waals surface area (Å²) in [6, 6.07) is 0.133. The number of carbonyl (C=O) groups excluding carboxylic acids is 1. The molecule has 4 heteroatoms. The molecule has 0 spiro atoms. The number of hydrogen-bond acceptors (Lipinski definition) is 3. The minimum absolute atomic E-state index is 0.133. The zero-order valence-corrected chi connectivity index (χ0v) is 11.9. The molecule has 100 valence electrons. The van der Waals surface area contributed by atoms with Gasteiger partial charge in [0.25, 0.3) is 0 Å². The SMILES string of the molecule is CC1C(NC(=O)OC(C)(C)C)CNCC1(C)C. The zero-order valence-electron chi connectivity index (χ0n) is 11.9. The lowest BCUT2D eigenvalue weighted by molar-refractivity contribution is 0.0421. The summed E-state index contributed by atoms with van der Waals surface area (Å²) in [5, 5.41) is 6.31. The molecule has 17 heavy (non-hydrogen) atoms. The van der Waals surface area contributed by atoms with Crippen molar-refractivity contribution >= 4 is 6.09 Å². The van der Waals surface area contributed by atoms with Crippen molar-refractivity contribution in [3.8, 4) is 0 Å². The second-order valence-corrected chi connectivity index (χ2v) is 6.66. The van der Waals surface area contributed by atoms with Gasteiger partial charge < -0.3 is 15.4 Å². The predicted octanol–water partition coefficient (Wildman–Crippen LogP) is 2.15. The lowest BCUT2D eigenvalue weighted by Crippen LogP contribution is -2.57. The third-order valence-electron chi connectivity index (χ3n) is 3.48. The van der Waals surface area contributed by atoms with Crippen molar-refractivity contribution in [1.82, 2.24) is 10.6 Å². The van der Waals surface area contributed by atoms with Crippen molar-refractivity contribution < 1.29 is 9.53 Å². The van der Waals surface area contributed by atoms with Gasteiger partial charge in [0.15, 0.2) is 0 Å². The molecule has 4 nitrogen and oxygen atoms in total. The topological polar surface area (TPSA) is 50.4 Å². The Morgan fingerprint density at radius 2 is 2.00 bits per heavy atom. The van der Waals surface area contributed by atoms with Crippen molar-refractivity contribution in [3.63, 3.8) is 0 Å². The van der Waals surface area contributed by atoms with E-state index in [-0.39, 0.29) is 17.6 Å². The lowest BCUT2D eigenvalue weighted by atomic mass is 9.73. The van der Waals surface area contributed by atoms with E-state index < -0.39 is 5.60 Å². The first-order chi connectivity index (χ1) is 7.62. The van der Waals surface area contributed by atoms with Gasteiger partial charge in [0.05, 0.1) is 0 Å². The second kappa shape index (κ2) is 4.84. The Balaban J connectivity index is 2.54. The molecule has 2 atom stereocenters. The molecule has 0 radical (unpaired) electrons. The highest BCUT2D eigenvalue weighted by molar-refractivity contribution is 5.68. The van der Waals surface area contributed by atoms with E-state index in [1.54, 1.807) is 0 Å². The molecule has 1 amide bonds. The lowest BCUT2D eigenvalue weighted by Gasteiger charge is -2.42. The normalized spacial score (nSPS) is 28.6. The molecule has 1 rings (SSSR count). The van der Waals surface area contributed by atoms with Gasteiger partial charge in [-0.1, -0.05) is 20.8 Å². The maximum Gasteiger partial charge on any atom is 0.407 e. The number of piperidine rings is 1. The largest absolute Gasteiger partial charge is 0.444 e. The van der Waals surface area contributed by atoms with E-state index in [0.29, 0.717) is 5.92 Å². The summed E-state index contributed by atoms with van der Waals surface area (Å²) < 4.78 is 5.28. The maximum absolute atomic E-state index is 11.7. The van der Waals surface area contributed by atoms with Gasteiger partial charge in [0.1, 0.15) is 5.60 Å². The molecule has 1 heterocycles. The Labute approximate surface area is 104 Å². The average molecular weight is 242 g/mol. The summed E-state index contributed by atoms with van der Waals surface area (Å²) in [4.78, 5) is 11.7. The maximum atomic E-state index is 11.7. The Hall–Kier alpha value is -0.770. The molecule has 1 fully saturated rings. The van der Waals surface area contributed by atoms with Crippen LogP contribution in [0.25, 0.3) is 0 Å². The van der Waals surface area contributed by atoms with Crippen LogP contribution in [0.5, 0.6) is 0 Å². The summed E-state index contributed by atoms with van der Waals surface area (Å²) in [5.41, 5.74) is -0.247. The van der Waals surface area contributed by atoms with E-state index in [4.69, 9.17) is 4.74 Å². The molecular weight excluding hydrogens is 216 g/mol. The Bertz CT molecular complexity index is 282. The molecule has 0 saturated carbocycles. The van der Waals surface area contributed by atoms with Gasteiger partial charge >= 0.3 is 6.09 Å². The van der Waals surface area contributed by atoms with Crippen LogP contribution in [-0.4, -0.2) is 30.8 Å². The molecule has 2 N–H and O–H groups in total. The molecule has 0 aromatic rings. The fraction of sp³-hybridized carbons (Fsp3) is 0.923. The van der Waals surface area contributed by atoms with E-state index in [9.17, 15) is 4.79 Å². The number of ether oxygens (including phenoxy) is 1. The van der Waals surface area contributed by atoms with Crippen molar-refractivity contribution in [2.75, 3.05) is 13.1 Å². The van der Waals surface area contributed by atoms with Crippen LogP contribution < -0.4 is 10.6 Å². The zero-order chi connectivity index (χ0) is 13.3. The highest BCUT2D eigenvalue weighted by Crippen LogP contribution is 2.31. The smallest absolute Gasteiger partial charge is 0.407 e. The molecular formula is C13H26N2O2. The molecule has 1 saturated heterocycles. The fourth-order valence-corrected chi connectivity index (χ4v) is 2.07. The molecule has 1 aliphatic rings. The Morgan fingerprint density at radius 1 is 1.41 bits per heavy atom. The van der Waals surface area contributed by atoms with Gasteiger partial charge in [-0.05, 0) is 32.1 Å². The van der Waals surface area contributed by atoms with Gasteiger partial charge in [-0.3, -0.25) is 0 Å². The van der Waals surface area contributed by atoms with Gasteiger partial charge in [-0.2, -0.15) is 0 Å². The minimum atomic E-state index is -0.440. The van der Waals surface area contributed by atoms with Crippen LogP contribution >= 0.6 is 0 Å². The first-order valence-electron chi connectivity index (χ1n) is 6.32. The molecule has 1 aliphatic heterocycles. The van der Waals surface area contributed by atoms with Crippen LogP contribution in [0.3, 0.4) is 0 Å². The van der Waals surface area contributed by atoms with E-state index >= 15 is 0 Å². The van der Waals surface area contributed by atoms with Gasteiger partial charge in [0, 0.05) is 19.1 Å². The summed E-state index contributed by atoms with van der Waals surface area (Å²) >= 11 is 0. The fourth-order valence-electron chi connectivity index (χ4n) is 2.07. The van der Waals surface area contributed by atoms with Gasteiger partial charge in [-0.25, -0.2) is 4.79 Å². The third kappa shape index (κ3) is 4.19. The second-order valence-electron chi connectivity index (χ2n) is 6.66. The van der Waals surface area contributed by atoms with E-state index in [0.717, 1.165) is 13.1 Å². The van der Waals surface area contributed by atoms with E-state index in [2.05, 4.69) is 31.4 Å². The molecule has 0 aliphatic carbocycles. The average Bonchev–Trinajstić information content (AvgIpc) is 2.09. The number of rotatable bonds is 1. The van der Waals surface area contributed by atoms with Crippen LogP contribution in [0.15, 0.2) is 0 Å². The Kier molecular flexibility index (Phi) is 4.07. The molecule has 0 aromatic heterocycles. The predicted molar refractivity (Wildman–Crippen MR) is 69.0 cm³/mol. The van der Waals surface area contributed by atoms with Crippen LogP contribution in [0, 0.1) is 11.3 Å². The highest BCUT2D eigenvalue weighted by Gasteiger charge is 2.37. The Morgan fingerprint density at radius 3 is 2.53 bits per heavy atom. The summed E-state index contributed by atoms with van der Waals surface area (Å²) in [7, 11) is 0. The molecule has 2 unspecified atom stereocenters. The number of amides is 1. The standard InChI is InChI=1S/C13H26N2O2/c1-9-10(7-14-8-13(9,5)6)15-11(16)17-12(2,3)4/h9-10,14H,7-8H2,1-6H3,(H,15,16). The summed E-state index contributed by atoms with van der Waals surface area (Å²) in [6.07, 6.45) is -0.325. The minimum Gasteiger partial charge on any atom is -0.444 e. The van der Waals surface area contributed by atoms with Crippen LogP contribution in [0.1, 0.15) is 41.5 Å². The van der Waals surface area contributed by atoms with Crippen LogP contribution in [0.2, 0.25) is 0 Å². The molecule has 0 aromatic carbocycles. The molecule has 0 bridgehead atoms. The van der Waals surface area contributed by atoms with E-state index in [1.807, 2.05) is 20.8 Å². The van der Waals surface area contributed by atoms with Crippen molar-refractivity contribution in [2.24, 2.45) is 11.3 Å². The third-order valence-corrected chi connectivity index (χ3v) is 3.48. The number of carbonyl (C=O) groups is 1. The monoisotopic (exact) mass is 242 g/mol. The van der Waals surface area contributed by atoms with Crippen molar-refractivity contribution in [3.05, 3.63) is 0 Å². The number of hydrogen-bond donors (Lipinski definition) is 2. The first-order valence-corrected chi connectivity index (χ1v) is 6.32. The van der Waals surface area contributed by atoms with E-state index in [1.165, 1.54) is 0 Å². The first kappa shape index (κ1) is 14.3.